The summed E-state index contributed by atoms with van der Waals surface area (Å²) in [5.41, 5.74) is 7.97. The van der Waals surface area contributed by atoms with Crippen molar-refractivity contribution in [2.24, 2.45) is 5.73 Å². The van der Waals surface area contributed by atoms with Gasteiger partial charge >= 0.3 is 0 Å². The maximum atomic E-state index is 5.55. The molecule has 16 heavy (non-hydrogen) atoms. The second-order valence-corrected chi connectivity index (χ2v) is 3.90. The van der Waals surface area contributed by atoms with Gasteiger partial charge in [0.1, 0.15) is 5.75 Å². The normalized spacial score (nSPS) is 10.2. The van der Waals surface area contributed by atoms with E-state index in [0.717, 1.165) is 31.8 Å². The number of aryl methyl sites for hydroxylation is 1. The predicted molar refractivity (Wildman–Crippen MR) is 69.3 cm³/mol. The molecule has 1 aromatic rings. The van der Waals surface area contributed by atoms with Crippen LogP contribution in [0.2, 0.25) is 0 Å². The van der Waals surface area contributed by atoms with Crippen LogP contribution in [-0.2, 0) is 0 Å². The molecule has 3 nitrogen and oxygen atoms in total. The van der Waals surface area contributed by atoms with E-state index in [4.69, 9.17) is 10.5 Å². The molecule has 0 aromatic heterocycles. The molecule has 0 atom stereocenters. The lowest BCUT2D eigenvalue weighted by Crippen LogP contribution is -2.26. The summed E-state index contributed by atoms with van der Waals surface area (Å²) in [5, 5.41) is 0. The summed E-state index contributed by atoms with van der Waals surface area (Å²) >= 11 is 0. The van der Waals surface area contributed by atoms with Crippen LogP contribution in [-0.4, -0.2) is 26.7 Å². The average molecular weight is 222 g/mol. The van der Waals surface area contributed by atoms with Gasteiger partial charge in [-0.15, -0.1) is 0 Å². The fourth-order valence-corrected chi connectivity index (χ4v) is 1.78. The monoisotopic (exact) mass is 222 g/mol. The second-order valence-electron chi connectivity index (χ2n) is 3.90. The van der Waals surface area contributed by atoms with Crippen molar-refractivity contribution in [2.75, 3.05) is 31.6 Å². The Kier molecular flexibility index (Phi) is 5.12. The second kappa shape index (κ2) is 6.38. The Morgan fingerprint density at radius 2 is 2.12 bits per heavy atom. The highest BCUT2D eigenvalue weighted by atomic mass is 16.5. The topological polar surface area (TPSA) is 38.5 Å². The third-order valence-corrected chi connectivity index (χ3v) is 2.69. The van der Waals surface area contributed by atoms with Crippen molar-refractivity contribution in [1.82, 2.24) is 0 Å². The molecule has 0 amide bonds. The zero-order chi connectivity index (χ0) is 12.0. The van der Waals surface area contributed by atoms with Crippen molar-refractivity contribution >= 4 is 5.69 Å². The van der Waals surface area contributed by atoms with Gasteiger partial charge < -0.3 is 15.4 Å². The first-order valence-electron chi connectivity index (χ1n) is 5.82. The smallest absolute Gasteiger partial charge is 0.142 e. The van der Waals surface area contributed by atoms with Crippen molar-refractivity contribution in [3.05, 3.63) is 23.8 Å². The number of rotatable bonds is 6. The Hall–Kier alpha value is -1.22. The summed E-state index contributed by atoms with van der Waals surface area (Å²) in [6, 6.07) is 6.26. The standard InChI is InChI=1S/C13H22N2O/c1-4-15(9-5-8-14)12-10-11(2)6-7-13(12)16-3/h6-7,10H,4-5,8-9,14H2,1-3H3. The van der Waals surface area contributed by atoms with Gasteiger partial charge in [0.2, 0.25) is 0 Å². The van der Waals surface area contributed by atoms with Gasteiger partial charge in [-0.2, -0.15) is 0 Å². The number of anilines is 1. The summed E-state index contributed by atoms with van der Waals surface area (Å²) in [6.07, 6.45) is 1.00. The predicted octanol–water partition coefficient (Wildman–Crippen LogP) is 2.18. The molecule has 90 valence electrons. The Morgan fingerprint density at radius 3 is 2.69 bits per heavy atom. The van der Waals surface area contributed by atoms with Gasteiger partial charge in [0.25, 0.3) is 0 Å². The number of nitrogens with two attached hydrogens (primary N) is 1. The quantitative estimate of drug-likeness (QED) is 0.801. The van der Waals surface area contributed by atoms with Crippen LogP contribution < -0.4 is 15.4 Å². The largest absolute Gasteiger partial charge is 0.495 e. The molecule has 3 heteroatoms. The molecule has 0 heterocycles. The molecular formula is C13H22N2O. The molecule has 0 unspecified atom stereocenters. The van der Waals surface area contributed by atoms with Crippen LogP contribution >= 0.6 is 0 Å². The molecule has 0 radical (unpaired) electrons. The zero-order valence-corrected chi connectivity index (χ0v) is 10.5. The maximum absolute atomic E-state index is 5.55. The van der Waals surface area contributed by atoms with E-state index in [1.807, 2.05) is 6.07 Å². The lowest BCUT2D eigenvalue weighted by Gasteiger charge is -2.25. The fourth-order valence-electron chi connectivity index (χ4n) is 1.78. The van der Waals surface area contributed by atoms with Gasteiger partial charge in [-0.3, -0.25) is 0 Å². The van der Waals surface area contributed by atoms with Crippen LogP contribution in [0.3, 0.4) is 0 Å². The fraction of sp³-hybridized carbons (Fsp3) is 0.538. The first-order chi connectivity index (χ1) is 7.72. The summed E-state index contributed by atoms with van der Waals surface area (Å²) < 4.78 is 5.39. The number of hydrogen-bond acceptors (Lipinski definition) is 3. The van der Waals surface area contributed by atoms with Crippen molar-refractivity contribution in [3.63, 3.8) is 0 Å². The van der Waals surface area contributed by atoms with Crippen LogP contribution in [0.15, 0.2) is 18.2 Å². The Morgan fingerprint density at radius 1 is 1.38 bits per heavy atom. The first-order valence-corrected chi connectivity index (χ1v) is 5.82. The number of benzene rings is 1. The lowest BCUT2D eigenvalue weighted by molar-refractivity contribution is 0.414. The summed E-state index contributed by atoms with van der Waals surface area (Å²) in [5.74, 6) is 0.935. The minimum Gasteiger partial charge on any atom is -0.495 e. The van der Waals surface area contributed by atoms with Gasteiger partial charge in [0, 0.05) is 13.1 Å². The molecule has 0 fully saturated rings. The van der Waals surface area contributed by atoms with Crippen molar-refractivity contribution in [3.8, 4) is 5.75 Å². The number of nitrogens with zero attached hydrogens (tertiary/aromatic N) is 1. The molecule has 0 spiro atoms. The molecule has 0 saturated heterocycles. The maximum Gasteiger partial charge on any atom is 0.142 e. The zero-order valence-electron chi connectivity index (χ0n) is 10.5. The Labute approximate surface area is 98.2 Å². The van der Waals surface area contributed by atoms with Gasteiger partial charge in [0.15, 0.2) is 0 Å². The lowest BCUT2D eigenvalue weighted by atomic mass is 10.2. The molecule has 0 aliphatic heterocycles. The highest BCUT2D eigenvalue weighted by Gasteiger charge is 2.09. The Bertz CT molecular complexity index is 326. The van der Waals surface area contributed by atoms with E-state index in [9.17, 15) is 0 Å². The van der Waals surface area contributed by atoms with Crippen molar-refractivity contribution < 1.29 is 4.74 Å². The minimum absolute atomic E-state index is 0.727. The molecule has 1 aromatic carbocycles. The molecule has 0 bridgehead atoms. The van der Waals surface area contributed by atoms with E-state index in [1.165, 1.54) is 11.3 Å². The van der Waals surface area contributed by atoms with Gasteiger partial charge in [-0.1, -0.05) is 6.07 Å². The van der Waals surface area contributed by atoms with Crippen LogP contribution in [0.1, 0.15) is 18.9 Å². The molecule has 0 saturated carbocycles. The van der Waals surface area contributed by atoms with Crippen LogP contribution in [0, 0.1) is 6.92 Å². The minimum atomic E-state index is 0.727. The highest BCUT2D eigenvalue weighted by Crippen LogP contribution is 2.29. The summed E-state index contributed by atoms with van der Waals surface area (Å²) in [4.78, 5) is 2.30. The van der Waals surface area contributed by atoms with E-state index < -0.39 is 0 Å². The number of hydrogen-bond donors (Lipinski definition) is 1. The molecule has 0 aliphatic carbocycles. The third kappa shape index (κ3) is 3.14. The van der Waals surface area contributed by atoms with E-state index in [0.29, 0.717) is 0 Å². The molecule has 1 rings (SSSR count). The molecular weight excluding hydrogens is 200 g/mol. The van der Waals surface area contributed by atoms with E-state index in [1.54, 1.807) is 7.11 Å². The van der Waals surface area contributed by atoms with E-state index in [2.05, 4.69) is 30.9 Å². The highest BCUT2D eigenvalue weighted by molar-refractivity contribution is 5.60. The van der Waals surface area contributed by atoms with Gasteiger partial charge in [0.05, 0.1) is 12.8 Å². The van der Waals surface area contributed by atoms with Crippen LogP contribution in [0.25, 0.3) is 0 Å². The summed E-state index contributed by atoms with van der Waals surface area (Å²) in [6.45, 7) is 6.93. The first kappa shape index (κ1) is 12.8. The molecule has 2 N–H and O–H groups in total. The average Bonchev–Trinajstić information content (AvgIpc) is 2.30. The van der Waals surface area contributed by atoms with Gasteiger partial charge in [-0.25, -0.2) is 0 Å². The SMILES string of the molecule is CCN(CCCN)c1cc(C)ccc1OC. The van der Waals surface area contributed by atoms with Crippen LogP contribution in [0.4, 0.5) is 5.69 Å². The number of ether oxygens (including phenoxy) is 1. The van der Waals surface area contributed by atoms with Crippen molar-refractivity contribution in [2.45, 2.75) is 20.3 Å². The van der Waals surface area contributed by atoms with Gasteiger partial charge in [-0.05, 0) is 44.5 Å². The third-order valence-electron chi connectivity index (χ3n) is 2.69. The molecule has 0 aliphatic rings. The van der Waals surface area contributed by atoms with Crippen molar-refractivity contribution in [1.29, 1.82) is 0 Å². The van der Waals surface area contributed by atoms with Crippen LogP contribution in [0.5, 0.6) is 5.75 Å². The number of methoxy groups -OCH3 is 1. The van der Waals surface area contributed by atoms with E-state index >= 15 is 0 Å². The van der Waals surface area contributed by atoms with E-state index in [-0.39, 0.29) is 0 Å². The Balaban J connectivity index is 2.92. The summed E-state index contributed by atoms with van der Waals surface area (Å²) in [7, 11) is 1.71.